The topological polar surface area (TPSA) is 47.9 Å². The van der Waals surface area contributed by atoms with Crippen LogP contribution in [-0.4, -0.2) is 11.9 Å². The molecule has 1 fully saturated rings. The smallest absolute Gasteiger partial charge is 0.251 e. The third kappa shape index (κ3) is 1.93. The van der Waals surface area contributed by atoms with Crippen LogP contribution < -0.4 is 9.47 Å². The number of carbonyl (C=O) groups excluding carboxylic acids is 1. The summed E-state index contributed by atoms with van der Waals surface area (Å²) in [7, 11) is 0. The van der Waals surface area contributed by atoms with E-state index in [1.165, 1.54) is 0 Å². The summed E-state index contributed by atoms with van der Waals surface area (Å²) in [6.45, 7) is 0.299. The highest BCUT2D eigenvalue weighted by Crippen LogP contribution is 2.48. The average Bonchev–Trinajstić information content (AvgIpc) is 2.93. The van der Waals surface area contributed by atoms with Crippen molar-refractivity contribution in [3.63, 3.8) is 0 Å². The van der Waals surface area contributed by atoms with Crippen molar-refractivity contribution in [3.05, 3.63) is 22.2 Å². The highest BCUT2D eigenvalue weighted by molar-refractivity contribution is 9.10. The molecule has 94 valence electrons. The summed E-state index contributed by atoms with van der Waals surface area (Å²) in [5.41, 5.74) is 0.899. The molecule has 0 radical (unpaired) electrons. The number of isocyanates is 1. The number of hydrogen-bond acceptors (Lipinski definition) is 4. The van der Waals surface area contributed by atoms with Crippen LogP contribution in [0.5, 0.6) is 11.5 Å². The molecule has 18 heavy (non-hydrogen) atoms. The third-order valence-corrected chi connectivity index (χ3v) is 4.12. The highest BCUT2D eigenvalue weighted by Gasteiger charge is 2.44. The second kappa shape index (κ2) is 4.41. The lowest BCUT2D eigenvalue weighted by Gasteiger charge is -2.21. The lowest BCUT2D eigenvalue weighted by Crippen LogP contribution is -2.34. The first kappa shape index (κ1) is 11.8. The van der Waals surface area contributed by atoms with Crippen LogP contribution in [0.1, 0.15) is 31.2 Å². The van der Waals surface area contributed by atoms with Gasteiger partial charge in [-0.1, -0.05) is 15.9 Å². The van der Waals surface area contributed by atoms with Crippen molar-refractivity contribution >= 4 is 22.0 Å². The Labute approximate surface area is 113 Å². The molecule has 1 aromatic rings. The van der Waals surface area contributed by atoms with Gasteiger partial charge in [0.1, 0.15) is 0 Å². The van der Waals surface area contributed by atoms with Crippen LogP contribution >= 0.6 is 15.9 Å². The summed E-state index contributed by atoms with van der Waals surface area (Å²) >= 11 is 3.45. The van der Waals surface area contributed by atoms with Gasteiger partial charge in [0.05, 0.1) is 6.54 Å². The summed E-state index contributed by atoms with van der Waals surface area (Å²) in [5, 5.41) is 0. The SMILES string of the molecule is O=C=NCc1cc2c(cc1Br)OC1(CCCC1)O2. The number of halogens is 1. The van der Waals surface area contributed by atoms with Gasteiger partial charge in [0.2, 0.25) is 6.08 Å². The van der Waals surface area contributed by atoms with Crippen LogP contribution in [0.2, 0.25) is 0 Å². The van der Waals surface area contributed by atoms with Gasteiger partial charge in [-0.3, -0.25) is 0 Å². The molecule has 0 N–H and O–H groups in total. The van der Waals surface area contributed by atoms with Crippen LogP contribution in [0.15, 0.2) is 21.6 Å². The number of ether oxygens (including phenoxy) is 2. The van der Waals surface area contributed by atoms with Gasteiger partial charge in [-0.15, -0.1) is 0 Å². The molecule has 0 atom stereocenters. The first-order valence-corrected chi connectivity index (χ1v) is 6.76. The molecular formula is C13H12BrNO3. The molecular weight excluding hydrogens is 298 g/mol. The molecule has 1 aliphatic heterocycles. The van der Waals surface area contributed by atoms with Gasteiger partial charge < -0.3 is 9.47 Å². The van der Waals surface area contributed by atoms with Crippen molar-refractivity contribution in [2.45, 2.75) is 38.0 Å². The van der Waals surface area contributed by atoms with E-state index >= 15 is 0 Å². The molecule has 3 rings (SSSR count). The molecule has 0 aromatic heterocycles. The second-order valence-electron chi connectivity index (χ2n) is 4.62. The molecule has 0 amide bonds. The van der Waals surface area contributed by atoms with Gasteiger partial charge in [0.25, 0.3) is 5.79 Å². The lowest BCUT2D eigenvalue weighted by atomic mass is 10.2. The molecule has 1 saturated carbocycles. The second-order valence-corrected chi connectivity index (χ2v) is 5.47. The van der Waals surface area contributed by atoms with Crippen LogP contribution in [-0.2, 0) is 11.3 Å². The van der Waals surface area contributed by atoms with E-state index in [-0.39, 0.29) is 0 Å². The van der Waals surface area contributed by atoms with Crippen molar-refractivity contribution in [3.8, 4) is 11.5 Å². The van der Waals surface area contributed by atoms with E-state index in [0.717, 1.165) is 47.2 Å². The zero-order valence-electron chi connectivity index (χ0n) is 9.74. The minimum Gasteiger partial charge on any atom is -0.448 e. The standard InChI is InChI=1S/C13H12BrNO3/c14-10-6-12-11(5-9(10)7-15-8-16)17-13(18-12)3-1-2-4-13/h5-6H,1-4,7H2. The maximum absolute atomic E-state index is 10.2. The zero-order chi connectivity index (χ0) is 12.6. The van der Waals surface area contributed by atoms with Crippen LogP contribution in [0, 0.1) is 0 Å². The Kier molecular flexibility index (Phi) is 2.88. The molecule has 0 saturated heterocycles. The maximum Gasteiger partial charge on any atom is 0.251 e. The molecule has 4 nitrogen and oxygen atoms in total. The van der Waals surface area contributed by atoms with Crippen molar-refractivity contribution in [2.75, 3.05) is 0 Å². The summed E-state index contributed by atoms with van der Waals surface area (Å²) in [5.74, 6) is 1.06. The fourth-order valence-electron chi connectivity index (χ4n) is 2.51. The first-order chi connectivity index (χ1) is 8.72. The van der Waals surface area contributed by atoms with Crippen LogP contribution in [0.25, 0.3) is 0 Å². The first-order valence-electron chi connectivity index (χ1n) is 5.96. The predicted octanol–water partition coefficient (Wildman–Crippen LogP) is 3.33. The Balaban J connectivity index is 1.91. The molecule has 1 aromatic carbocycles. The summed E-state index contributed by atoms with van der Waals surface area (Å²) < 4.78 is 12.8. The van der Waals surface area contributed by atoms with E-state index in [1.54, 1.807) is 6.08 Å². The molecule has 0 unspecified atom stereocenters. The predicted molar refractivity (Wildman–Crippen MR) is 68.4 cm³/mol. The Hall–Kier alpha value is -1.32. The fourth-order valence-corrected chi connectivity index (χ4v) is 2.96. The number of fused-ring (bicyclic) bond motifs is 1. The molecule has 2 aliphatic rings. The van der Waals surface area contributed by atoms with Crippen LogP contribution in [0.3, 0.4) is 0 Å². The average molecular weight is 310 g/mol. The maximum atomic E-state index is 10.2. The van der Waals surface area contributed by atoms with Gasteiger partial charge in [-0.2, -0.15) is 0 Å². The summed E-state index contributed by atoms with van der Waals surface area (Å²) in [6, 6.07) is 3.77. The number of benzene rings is 1. The Morgan fingerprint density at radius 2 is 1.94 bits per heavy atom. The summed E-state index contributed by atoms with van der Waals surface area (Å²) in [6.07, 6.45) is 5.68. The largest absolute Gasteiger partial charge is 0.448 e. The van der Waals surface area contributed by atoms with Crippen molar-refractivity contribution in [1.82, 2.24) is 0 Å². The van der Waals surface area contributed by atoms with Crippen LogP contribution in [0.4, 0.5) is 0 Å². The Morgan fingerprint density at radius 3 is 2.61 bits per heavy atom. The lowest BCUT2D eigenvalue weighted by molar-refractivity contribution is -0.0716. The molecule has 5 heteroatoms. The van der Waals surface area contributed by atoms with Gasteiger partial charge >= 0.3 is 0 Å². The normalized spacial score (nSPS) is 18.9. The zero-order valence-corrected chi connectivity index (χ0v) is 11.3. The van der Waals surface area contributed by atoms with Gasteiger partial charge in [0, 0.05) is 17.3 Å². The highest BCUT2D eigenvalue weighted by atomic mass is 79.9. The van der Waals surface area contributed by atoms with E-state index in [4.69, 9.17) is 9.47 Å². The monoisotopic (exact) mass is 309 g/mol. The number of nitrogens with zero attached hydrogens (tertiary/aromatic N) is 1. The molecule has 1 spiro atoms. The molecule has 1 aliphatic carbocycles. The Bertz CT molecular complexity index is 531. The van der Waals surface area contributed by atoms with E-state index in [2.05, 4.69) is 20.9 Å². The third-order valence-electron chi connectivity index (χ3n) is 3.38. The van der Waals surface area contributed by atoms with Crippen molar-refractivity contribution < 1.29 is 14.3 Å². The van der Waals surface area contributed by atoms with E-state index in [1.807, 2.05) is 12.1 Å². The number of aliphatic imine (C=N–C) groups is 1. The Morgan fingerprint density at radius 1 is 1.28 bits per heavy atom. The molecule has 0 bridgehead atoms. The summed E-state index contributed by atoms with van der Waals surface area (Å²) in [4.78, 5) is 13.7. The van der Waals surface area contributed by atoms with Crippen molar-refractivity contribution in [1.29, 1.82) is 0 Å². The van der Waals surface area contributed by atoms with Gasteiger partial charge in [-0.05, 0) is 30.5 Å². The number of hydrogen-bond donors (Lipinski definition) is 0. The minimum absolute atomic E-state index is 0.299. The van der Waals surface area contributed by atoms with Gasteiger partial charge in [0.15, 0.2) is 11.5 Å². The van der Waals surface area contributed by atoms with Crippen molar-refractivity contribution in [2.24, 2.45) is 4.99 Å². The number of rotatable bonds is 2. The van der Waals surface area contributed by atoms with E-state index in [9.17, 15) is 4.79 Å². The quantitative estimate of drug-likeness (QED) is 0.622. The van der Waals surface area contributed by atoms with E-state index in [0.29, 0.717) is 6.54 Å². The minimum atomic E-state index is -0.450. The molecule has 1 heterocycles. The van der Waals surface area contributed by atoms with E-state index < -0.39 is 5.79 Å². The van der Waals surface area contributed by atoms with Gasteiger partial charge in [-0.25, -0.2) is 9.79 Å². The fraction of sp³-hybridized carbons (Fsp3) is 0.462.